The number of nitrogens with zero attached hydrogens (tertiary/aromatic N) is 2. The summed E-state index contributed by atoms with van der Waals surface area (Å²) in [6, 6.07) is 7.46. The largest absolute Gasteiger partial charge is 0.338 e. The van der Waals surface area contributed by atoms with Crippen LogP contribution in [0.4, 0.5) is 0 Å². The van der Waals surface area contributed by atoms with Crippen molar-refractivity contribution < 1.29 is 14.4 Å². The molecule has 5 rings (SSSR count). The Bertz CT molecular complexity index is 856. The first kappa shape index (κ1) is 18.9. The molecule has 3 amide bonds. The summed E-state index contributed by atoms with van der Waals surface area (Å²) < 4.78 is 0. The van der Waals surface area contributed by atoms with Gasteiger partial charge in [-0.25, -0.2) is 0 Å². The summed E-state index contributed by atoms with van der Waals surface area (Å²) in [4.78, 5) is 42.4. The van der Waals surface area contributed by atoms with Crippen molar-refractivity contribution in [1.82, 2.24) is 9.80 Å². The highest BCUT2D eigenvalue weighted by atomic mass is 35.5. The van der Waals surface area contributed by atoms with E-state index >= 15 is 0 Å². The van der Waals surface area contributed by atoms with E-state index in [0.717, 1.165) is 31.2 Å². The van der Waals surface area contributed by atoms with E-state index in [-0.39, 0.29) is 35.6 Å². The molecule has 152 valence electrons. The van der Waals surface area contributed by atoms with Crippen LogP contribution in [-0.2, 0) is 19.8 Å². The lowest BCUT2D eigenvalue weighted by atomic mass is 9.76. The van der Waals surface area contributed by atoms with E-state index in [2.05, 4.69) is 0 Å². The van der Waals surface area contributed by atoms with Crippen LogP contribution < -0.4 is 0 Å². The van der Waals surface area contributed by atoms with Crippen LogP contribution in [0.15, 0.2) is 36.4 Å². The van der Waals surface area contributed by atoms with Crippen LogP contribution in [0.5, 0.6) is 0 Å². The third kappa shape index (κ3) is 2.85. The highest BCUT2D eigenvalue weighted by Crippen LogP contribution is 2.44. The molecular weight excluding hydrogens is 388 g/mol. The zero-order valence-electron chi connectivity index (χ0n) is 16.4. The molecule has 5 nitrogen and oxygen atoms in total. The third-order valence-electron chi connectivity index (χ3n) is 7.32. The van der Waals surface area contributed by atoms with Crippen molar-refractivity contribution in [2.45, 2.75) is 50.0 Å². The summed E-state index contributed by atoms with van der Waals surface area (Å²) in [7, 11) is 0. The number of amides is 3. The Hall–Kier alpha value is -2.14. The molecule has 0 N–H and O–H groups in total. The summed E-state index contributed by atoms with van der Waals surface area (Å²) in [5, 5.41) is 0.667. The molecule has 2 atom stereocenters. The zero-order valence-corrected chi connectivity index (χ0v) is 17.1. The highest BCUT2D eigenvalue weighted by Gasteiger charge is 2.54. The molecule has 0 aromatic heterocycles. The fraction of sp³-hybridized carbons (Fsp3) is 0.522. The zero-order chi connectivity index (χ0) is 20.2. The fourth-order valence-corrected chi connectivity index (χ4v) is 5.77. The Morgan fingerprint density at radius 2 is 1.48 bits per heavy atom. The fourth-order valence-electron chi connectivity index (χ4n) is 5.65. The van der Waals surface area contributed by atoms with Crippen LogP contribution in [0, 0.1) is 11.8 Å². The number of hydrogen-bond donors (Lipinski definition) is 0. The number of rotatable bonds is 3. The molecule has 0 bridgehead atoms. The number of hydrogen-bond acceptors (Lipinski definition) is 3. The van der Waals surface area contributed by atoms with Crippen molar-refractivity contribution in [2.75, 3.05) is 13.1 Å². The van der Waals surface area contributed by atoms with Crippen molar-refractivity contribution in [3.63, 3.8) is 0 Å². The first-order valence-corrected chi connectivity index (χ1v) is 11.0. The minimum Gasteiger partial charge on any atom is -0.338 e. The highest BCUT2D eigenvalue weighted by molar-refractivity contribution is 6.30. The van der Waals surface area contributed by atoms with E-state index in [1.165, 1.54) is 4.90 Å². The topological polar surface area (TPSA) is 57.7 Å². The minimum absolute atomic E-state index is 0.0465. The van der Waals surface area contributed by atoms with Crippen LogP contribution >= 0.6 is 11.6 Å². The number of carbonyl (C=O) groups is 3. The summed E-state index contributed by atoms with van der Waals surface area (Å²) in [5.41, 5.74) is 0.533. The van der Waals surface area contributed by atoms with Gasteiger partial charge in [-0.05, 0) is 43.4 Å². The number of halogens is 1. The quantitative estimate of drug-likeness (QED) is 0.565. The van der Waals surface area contributed by atoms with Crippen LogP contribution in [-0.4, -0.2) is 46.7 Å². The van der Waals surface area contributed by atoms with Gasteiger partial charge in [0, 0.05) is 18.1 Å². The molecule has 2 aliphatic heterocycles. The average molecular weight is 413 g/mol. The molecule has 1 saturated carbocycles. The smallest absolute Gasteiger partial charge is 0.233 e. The Labute approximate surface area is 175 Å². The molecule has 29 heavy (non-hydrogen) atoms. The van der Waals surface area contributed by atoms with Gasteiger partial charge in [-0.15, -0.1) is 0 Å². The molecule has 6 heteroatoms. The van der Waals surface area contributed by atoms with Crippen LogP contribution in [0.25, 0.3) is 0 Å². The second kappa shape index (κ2) is 6.98. The first-order chi connectivity index (χ1) is 14.0. The summed E-state index contributed by atoms with van der Waals surface area (Å²) in [6.07, 6.45) is 9.06. The Morgan fingerprint density at radius 1 is 0.931 bits per heavy atom. The summed E-state index contributed by atoms with van der Waals surface area (Å²) in [5.74, 6) is -0.365. The lowest BCUT2D eigenvalue weighted by Gasteiger charge is -2.46. The third-order valence-corrected chi connectivity index (χ3v) is 7.57. The molecule has 2 aliphatic carbocycles. The number of likely N-dealkylation sites (tertiary alicyclic amines) is 2. The van der Waals surface area contributed by atoms with Gasteiger partial charge in [-0.3, -0.25) is 19.3 Å². The van der Waals surface area contributed by atoms with E-state index < -0.39 is 5.41 Å². The van der Waals surface area contributed by atoms with E-state index in [9.17, 15) is 14.4 Å². The maximum Gasteiger partial charge on any atom is 0.233 e. The maximum absolute atomic E-state index is 13.5. The Kier molecular flexibility index (Phi) is 4.54. The van der Waals surface area contributed by atoms with Crippen LogP contribution in [0.2, 0.25) is 5.02 Å². The average Bonchev–Trinajstić information content (AvgIpc) is 3.28. The van der Waals surface area contributed by atoms with Crippen LogP contribution in [0.1, 0.15) is 44.1 Å². The van der Waals surface area contributed by atoms with E-state index in [4.69, 9.17) is 11.6 Å². The molecule has 2 heterocycles. The van der Waals surface area contributed by atoms with Gasteiger partial charge in [0.15, 0.2) is 0 Å². The van der Waals surface area contributed by atoms with Crippen molar-refractivity contribution in [2.24, 2.45) is 11.8 Å². The summed E-state index contributed by atoms with van der Waals surface area (Å²) in [6.45, 7) is 0.914. The molecule has 3 fully saturated rings. The maximum atomic E-state index is 13.5. The predicted octanol–water partition coefficient (Wildman–Crippen LogP) is 3.31. The van der Waals surface area contributed by atoms with Crippen LogP contribution in [0.3, 0.4) is 0 Å². The standard InChI is InChI=1S/C23H25ClN2O3/c24-16-9-7-15(8-10-16)23(11-3-4-12-23)22(29)25-13-17(14-25)26-20(27)18-5-1-2-6-19(18)21(26)28/h1-2,7-10,17-19H,3-6,11-14H2/t18-,19-/m1/s1. The van der Waals surface area contributed by atoms with Crippen molar-refractivity contribution in [3.05, 3.63) is 47.0 Å². The molecule has 2 saturated heterocycles. The lowest BCUT2D eigenvalue weighted by Crippen LogP contribution is -2.65. The van der Waals surface area contributed by atoms with Gasteiger partial charge in [0.25, 0.3) is 0 Å². The van der Waals surface area contributed by atoms with Gasteiger partial charge in [0.05, 0.1) is 23.3 Å². The Balaban J connectivity index is 1.31. The van der Waals surface area contributed by atoms with E-state index in [0.29, 0.717) is 31.0 Å². The second-order valence-electron chi connectivity index (χ2n) is 8.86. The normalized spacial score (nSPS) is 28.6. The van der Waals surface area contributed by atoms with Crippen molar-refractivity contribution in [3.8, 4) is 0 Å². The van der Waals surface area contributed by atoms with Gasteiger partial charge in [-0.1, -0.05) is 48.7 Å². The van der Waals surface area contributed by atoms with Gasteiger partial charge in [0.1, 0.15) is 0 Å². The van der Waals surface area contributed by atoms with E-state index in [1.54, 1.807) is 0 Å². The van der Waals surface area contributed by atoms with Gasteiger partial charge >= 0.3 is 0 Å². The Morgan fingerprint density at radius 3 is 2.03 bits per heavy atom. The van der Waals surface area contributed by atoms with Gasteiger partial charge in [-0.2, -0.15) is 0 Å². The molecule has 0 unspecified atom stereocenters. The monoisotopic (exact) mass is 412 g/mol. The summed E-state index contributed by atoms with van der Waals surface area (Å²) >= 11 is 6.05. The SMILES string of the molecule is O=C1[C@@H]2CC=CC[C@H]2C(=O)N1C1CN(C(=O)C2(c3ccc(Cl)cc3)CCCC2)C1. The molecule has 4 aliphatic rings. The van der Waals surface area contributed by atoms with Gasteiger partial charge in [0.2, 0.25) is 17.7 Å². The number of imide groups is 1. The molecule has 1 aromatic rings. The number of benzene rings is 1. The molecular formula is C23H25ClN2O3. The predicted molar refractivity (Wildman–Crippen MR) is 109 cm³/mol. The lowest BCUT2D eigenvalue weighted by molar-refractivity contribution is -0.155. The minimum atomic E-state index is -0.494. The van der Waals surface area contributed by atoms with Gasteiger partial charge < -0.3 is 4.90 Å². The molecule has 0 radical (unpaired) electrons. The molecule has 0 spiro atoms. The molecule has 1 aromatic carbocycles. The van der Waals surface area contributed by atoms with E-state index in [1.807, 2.05) is 41.3 Å². The number of fused-ring (bicyclic) bond motifs is 1. The first-order valence-electron chi connectivity index (χ1n) is 10.6. The number of carbonyl (C=O) groups excluding carboxylic acids is 3. The van der Waals surface area contributed by atoms with Crippen molar-refractivity contribution >= 4 is 29.3 Å². The second-order valence-corrected chi connectivity index (χ2v) is 9.30. The number of allylic oxidation sites excluding steroid dienone is 2. The van der Waals surface area contributed by atoms with Crippen molar-refractivity contribution in [1.29, 1.82) is 0 Å².